The number of halogens is 1. The van der Waals surface area contributed by atoms with E-state index in [0.717, 1.165) is 28.7 Å². The summed E-state index contributed by atoms with van der Waals surface area (Å²) >= 11 is 7.77. The van der Waals surface area contributed by atoms with E-state index < -0.39 is 0 Å². The molecule has 2 aliphatic rings. The highest BCUT2D eigenvalue weighted by Crippen LogP contribution is 2.43. The molecule has 3 heterocycles. The molecular formula is C16H16ClN3O2S. The number of morpholine rings is 1. The van der Waals surface area contributed by atoms with Crippen LogP contribution in [-0.2, 0) is 9.53 Å². The summed E-state index contributed by atoms with van der Waals surface area (Å²) in [5.74, 6) is 0.712. The average Bonchev–Trinajstić information content (AvgIpc) is 2.98. The van der Waals surface area contributed by atoms with Gasteiger partial charge in [-0.15, -0.1) is 0 Å². The lowest BCUT2D eigenvalue weighted by Gasteiger charge is -2.26. The third kappa shape index (κ3) is 2.94. The fourth-order valence-electron chi connectivity index (χ4n) is 2.99. The van der Waals surface area contributed by atoms with E-state index >= 15 is 0 Å². The Morgan fingerprint density at radius 3 is 2.96 bits per heavy atom. The Morgan fingerprint density at radius 2 is 2.17 bits per heavy atom. The first kappa shape index (κ1) is 14.9. The maximum atomic E-state index is 12.1. The number of aromatic nitrogens is 1. The fraction of sp³-hybridized carbons (Fsp3) is 0.375. The second-order valence-electron chi connectivity index (χ2n) is 5.67. The molecule has 120 valence electrons. The van der Waals surface area contributed by atoms with Gasteiger partial charge in [0.15, 0.2) is 5.13 Å². The number of carbonyl (C=O) groups excluding carboxylic acids is 1. The summed E-state index contributed by atoms with van der Waals surface area (Å²) in [5, 5.41) is 4.54. The molecule has 1 atom stereocenters. The van der Waals surface area contributed by atoms with Crippen LogP contribution in [-0.4, -0.2) is 37.2 Å². The Kier molecular flexibility index (Phi) is 3.97. The molecule has 1 amide bonds. The number of hydrogen-bond donors (Lipinski definition) is 1. The predicted octanol–water partition coefficient (Wildman–Crippen LogP) is 3.11. The van der Waals surface area contributed by atoms with Gasteiger partial charge in [-0.2, -0.15) is 0 Å². The van der Waals surface area contributed by atoms with E-state index in [-0.39, 0.29) is 11.8 Å². The molecule has 0 radical (unpaired) electrons. The molecule has 2 aromatic rings. The number of nitrogens with zero attached hydrogens (tertiary/aromatic N) is 2. The number of hydrogen-bond acceptors (Lipinski definition) is 5. The standard InChI is InChI=1S/C16H16ClN3O2S/c17-11-3-1-2-10(8-11)12-9-13(21)18-15-14(12)23-16(19-15)20-4-6-22-7-5-20/h1-3,8,12H,4-7,9H2,(H,18,21)/t12-/m1/s1. The first-order valence-electron chi connectivity index (χ1n) is 7.59. The average molecular weight is 350 g/mol. The van der Waals surface area contributed by atoms with Crippen molar-refractivity contribution in [3.63, 3.8) is 0 Å². The molecule has 0 saturated carbocycles. The molecule has 0 bridgehead atoms. The van der Waals surface area contributed by atoms with Gasteiger partial charge in [0.2, 0.25) is 5.91 Å². The van der Waals surface area contributed by atoms with Crippen LogP contribution >= 0.6 is 22.9 Å². The summed E-state index contributed by atoms with van der Waals surface area (Å²) in [6.07, 6.45) is 0.429. The quantitative estimate of drug-likeness (QED) is 0.905. The minimum Gasteiger partial charge on any atom is -0.378 e. The zero-order chi connectivity index (χ0) is 15.8. The van der Waals surface area contributed by atoms with Crippen molar-refractivity contribution in [2.24, 2.45) is 0 Å². The summed E-state index contributed by atoms with van der Waals surface area (Å²) < 4.78 is 5.39. The van der Waals surface area contributed by atoms with Crippen molar-refractivity contribution in [2.45, 2.75) is 12.3 Å². The molecule has 2 aliphatic heterocycles. The Balaban J connectivity index is 1.71. The van der Waals surface area contributed by atoms with Crippen molar-refractivity contribution in [3.05, 3.63) is 39.7 Å². The van der Waals surface area contributed by atoms with Crippen LogP contribution in [0.4, 0.5) is 10.9 Å². The van der Waals surface area contributed by atoms with Crippen molar-refractivity contribution in [1.29, 1.82) is 0 Å². The summed E-state index contributed by atoms with van der Waals surface area (Å²) in [6, 6.07) is 7.73. The van der Waals surface area contributed by atoms with Crippen molar-refractivity contribution >= 4 is 39.8 Å². The van der Waals surface area contributed by atoms with Crippen LogP contribution in [0.3, 0.4) is 0 Å². The molecule has 1 saturated heterocycles. The zero-order valence-corrected chi connectivity index (χ0v) is 14.0. The van der Waals surface area contributed by atoms with Crippen LogP contribution in [0.5, 0.6) is 0 Å². The second-order valence-corrected chi connectivity index (χ2v) is 7.11. The molecule has 1 fully saturated rings. The smallest absolute Gasteiger partial charge is 0.226 e. The van der Waals surface area contributed by atoms with Crippen LogP contribution in [0.15, 0.2) is 24.3 Å². The molecule has 0 spiro atoms. The van der Waals surface area contributed by atoms with Crippen LogP contribution in [0.2, 0.25) is 5.02 Å². The number of thiazole rings is 1. The summed E-state index contributed by atoms with van der Waals surface area (Å²) in [4.78, 5) is 20.0. The largest absolute Gasteiger partial charge is 0.378 e. The van der Waals surface area contributed by atoms with Gasteiger partial charge in [-0.05, 0) is 17.7 Å². The molecule has 7 heteroatoms. The van der Waals surface area contributed by atoms with Crippen molar-refractivity contribution in [3.8, 4) is 0 Å². The van der Waals surface area contributed by atoms with E-state index in [0.29, 0.717) is 30.5 Å². The van der Waals surface area contributed by atoms with Crippen LogP contribution in [0.1, 0.15) is 22.8 Å². The maximum Gasteiger partial charge on any atom is 0.226 e. The fourth-order valence-corrected chi connectivity index (χ4v) is 4.39. The van der Waals surface area contributed by atoms with E-state index in [1.54, 1.807) is 11.3 Å². The van der Waals surface area contributed by atoms with Gasteiger partial charge in [0, 0.05) is 30.5 Å². The molecule has 5 nitrogen and oxygen atoms in total. The van der Waals surface area contributed by atoms with Gasteiger partial charge < -0.3 is 15.0 Å². The monoisotopic (exact) mass is 349 g/mol. The van der Waals surface area contributed by atoms with E-state index in [1.165, 1.54) is 0 Å². The minimum atomic E-state index is 0.00121. The second kappa shape index (κ2) is 6.11. The van der Waals surface area contributed by atoms with Gasteiger partial charge >= 0.3 is 0 Å². The SMILES string of the molecule is O=C1C[C@H](c2cccc(Cl)c2)c2sc(N3CCOCC3)nc2N1. The minimum absolute atomic E-state index is 0.00121. The number of amides is 1. The zero-order valence-electron chi connectivity index (χ0n) is 12.4. The summed E-state index contributed by atoms with van der Waals surface area (Å²) in [5.41, 5.74) is 1.06. The predicted molar refractivity (Wildman–Crippen MR) is 91.7 cm³/mol. The first-order chi connectivity index (χ1) is 11.2. The van der Waals surface area contributed by atoms with Crippen molar-refractivity contribution in [1.82, 2.24) is 4.98 Å². The Hall–Kier alpha value is -1.63. The topological polar surface area (TPSA) is 54.5 Å². The third-order valence-corrected chi connectivity index (χ3v) is 5.60. The Morgan fingerprint density at radius 1 is 1.35 bits per heavy atom. The number of ether oxygens (including phenoxy) is 1. The number of carbonyl (C=O) groups is 1. The lowest BCUT2D eigenvalue weighted by molar-refractivity contribution is -0.116. The summed E-state index contributed by atoms with van der Waals surface area (Å²) in [6.45, 7) is 3.10. The van der Waals surface area contributed by atoms with Gasteiger partial charge in [0.25, 0.3) is 0 Å². The number of fused-ring (bicyclic) bond motifs is 1. The molecule has 4 rings (SSSR count). The first-order valence-corrected chi connectivity index (χ1v) is 8.79. The van der Waals surface area contributed by atoms with Gasteiger partial charge in [-0.3, -0.25) is 4.79 Å². The van der Waals surface area contributed by atoms with E-state index in [4.69, 9.17) is 16.3 Å². The van der Waals surface area contributed by atoms with Gasteiger partial charge in [0.05, 0.1) is 18.1 Å². The highest BCUT2D eigenvalue weighted by atomic mass is 35.5. The Bertz CT molecular complexity index is 743. The molecular weight excluding hydrogens is 334 g/mol. The van der Waals surface area contributed by atoms with Gasteiger partial charge in [0.1, 0.15) is 5.82 Å². The van der Waals surface area contributed by atoms with Crippen molar-refractivity contribution in [2.75, 3.05) is 36.5 Å². The maximum absolute atomic E-state index is 12.1. The normalized spacial score (nSPS) is 21.0. The molecule has 0 unspecified atom stereocenters. The highest BCUT2D eigenvalue weighted by molar-refractivity contribution is 7.16. The lowest BCUT2D eigenvalue weighted by Crippen LogP contribution is -2.36. The van der Waals surface area contributed by atoms with Crippen LogP contribution in [0.25, 0.3) is 0 Å². The third-order valence-electron chi connectivity index (χ3n) is 4.14. The van der Waals surface area contributed by atoms with Crippen LogP contribution < -0.4 is 10.2 Å². The number of nitrogens with one attached hydrogen (secondary N) is 1. The number of anilines is 2. The van der Waals surface area contributed by atoms with Crippen LogP contribution in [0, 0.1) is 0 Å². The molecule has 1 aromatic carbocycles. The molecule has 0 aliphatic carbocycles. The Labute approximate surface area is 143 Å². The number of benzene rings is 1. The molecule has 1 N–H and O–H groups in total. The van der Waals surface area contributed by atoms with E-state index in [2.05, 4.69) is 15.2 Å². The van der Waals surface area contributed by atoms with Gasteiger partial charge in [-0.1, -0.05) is 35.1 Å². The van der Waals surface area contributed by atoms with Gasteiger partial charge in [-0.25, -0.2) is 4.98 Å². The van der Waals surface area contributed by atoms with Crippen molar-refractivity contribution < 1.29 is 9.53 Å². The highest BCUT2D eigenvalue weighted by Gasteiger charge is 2.31. The molecule has 23 heavy (non-hydrogen) atoms. The van der Waals surface area contributed by atoms with E-state index in [1.807, 2.05) is 24.3 Å². The van der Waals surface area contributed by atoms with E-state index in [9.17, 15) is 4.79 Å². The number of rotatable bonds is 2. The lowest BCUT2D eigenvalue weighted by atomic mass is 9.92. The summed E-state index contributed by atoms with van der Waals surface area (Å²) in [7, 11) is 0. The molecule has 1 aromatic heterocycles.